The van der Waals surface area contributed by atoms with Gasteiger partial charge in [-0.15, -0.1) is 0 Å². The topological polar surface area (TPSA) is 69.7 Å². The molecule has 2 heterocycles. The van der Waals surface area contributed by atoms with E-state index in [1.54, 1.807) is 9.80 Å². The molecular weight excluding hydrogens is 378 g/mol. The molecule has 0 aliphatic carbocycles. The molecule has 2 saturated heterocycles. The summed E-state index contributed by atoms with van der Waals surface area (Å²) >= 11 is 0. The molecule has 30 heavy (non-hydrogen) atoms. The summed E-state index contributed by atoms with van der Waals surface area (Å²) in [5, 5.41) is 3.02. The lowest BCUT2D eigenvalue weighted by atomic mass is 9.94. The minimum atomic E-state index is -0.592. The standard InChI is InChI=1S/C24H35N3O3/c1-4-5-6-12-25-22(28)19-9-13-26(14-10-19)23(29)21-11-15-27(24(21)30)20-8-7-17(2)18(3)16-20/h7-8,16,19,21H,4-6,9-15H2,1-3H3,(H,25,28). The Kier molecular flexibility index (Phi) is 7.51. The van der Waals surface area contributed by atoms with Crippen LogP contribution >= 0.6 is 0 Å². The van der Waals surface area contributed by atoms with Crippen LogP contribution in [-0.4, -0.2) is 48.8 Å². The fourth-order valence-corrected chi connectivity index (χ4v) is 4.37. The molecule has 0 saturated carbocycles. The molecule has 3 amide bonds. The van der Waals surface area contributed by atoms with Crippen LogP contribution in [0.2, 0.25) is 0 Å². The SMILES string of the molecule is CCCCCNC(=O)C1CCN(C(=O)C2CCN(c3ccc(C)c(C)c3)C2=O)CC1. The number of benzene rings is 1. The molecule has 2 fully saturated rings. The summed E-state index contributed by atoms with van der Waals surface area (Å²) in [6.45, 7) is 8.65. The Labute approximate surface area is 180 Å². The lowest BCUT2D eigenvalue weighted by molar-refractivity contribution is -0.142. The molecule has 0 bridgehead atoms. The zero-order chi connectivity index (χ0) is 21.7. The number of likely N-dealkylation sites (tertiary alicyclic amines) is 1. The molecule has 1 N–H and O–H groups in total. The van der Waals surface area contributed by atoms with Gasteiger partial charge in [0.25, 0.3) is 0 Å². The van der Waals surface area contributed by atoms with Crippen LogP contribution in [-0.2, 0) is 14.4 Å². The number of piperidine rings is 1. The molecule has 6 heteroatoms. The second-order valence-electron chi connectivity index (χ2n) is 8.70. The Hall–Kier alpha value is -2.37. The van der Waals surface area contributed by atoms with E-state index in [1.807, 2.05) is 32.0 Å². The number of nitrogens with one attached hydrogen (secondary N) is 1. The lowest BCUT2D eigenvalue weighted by Gasteiger charge is -2.32. The van der Waals surface area contributed by atoms with E-state index in [0.29, 0.717) is 38.9 Å². The van der Waals surface area contributed by atoms with Crippen LogP contribution in [0.3, 0.4) is 0 Å². The van der Waals surface area contributed by atoms with Gasteiger partial charge >= 0.3 is 0 Å². The van der Waals surface area contributed by atoms with Gasteiger partial charge in [-0.1, -0.05) is 25.8 Å². The maximum atomic E-state index is 13.0. The lowest BCUT2D eigenvalue weighted by Crippen LogP contribution is -2.46. The van der Waals surface area contributed by atoms with Crippen molar-refractivity contribution in [1.82, 2.24) is 10.2 Å². The zero-order valence-electron chi connectivity index (χ0n) is 18.6. The molecule has 2 aliphatic heterocycles. The summed E-state index contributed by atoms with van der Waals surface area (Å²) in [6, 6.07) is 5.99. The van der Waals surface area contributed by atoms with E-state index in [2.05, 4.69) is 12.2 Å². The van der Waals surface area contributed by atoms with Gasteiger partial charge in [0.1, 0.15) is 5.92 Å². The van der Waals surface area contributed by atoms with E-state index < -0.39 is 5.92 Å². The van der Waals surface area contributed by atoms with Crippen molar-refractivity contribution in [2.24, 2.45) is 11.8 Å². The first kappa shape index (κ1) is 22.3. The number of hydrogen-bond donors (Lipinski definition) is 1. The predicted octanol–water partition coefficient (Wildman–Crippen LogP) is 3.20. The number of carbonyl (C=O) groups is 3. The molecule has 1 aromatic carbocycles. The van der Waals surface area contributed by atoms with E-state index in [-0.39, 0.29) is 23.6 Å². The summed E-state index contributed by atoms with van der Waals surface area (Å²) in [4.78, 5) is 41.8. The van der Waals surface area contributed by atoms with Gasteiger partial charge in [-0.25, -0.2) is 0 Å². The number of aryl methyl sites for hydroxylation is 2. The third kappa shape index (κ3) is 5.02. The van der Waals surface area contributed by atoms with Crippen LogP contribution in [0.4, 0.5) is 5.69 Å². The minimum absolute atomic E-state index is 0.0259. The van der Waals surface area contributed by atoms with Gasteiger partial charge in [0.2, 0.25) is 17.7 Å². The molecule has 1 unspecified atom stereocenters. The molecule has 0 aromatic heterocycles. The summed E-state index contributed by atoms with van der Waals surface area (Å²) < 4.78 is 0. The van der Waals surface area contributed by atoms with Crippen LogP contribution in [0, 0.1) is 25.7 Å². The Balaban J connectivity index is 1.51. The highest BCUT2D eigenvalue weighted by Crippen LogP contribution is 2.29. The first-order chi connectivity index (χ1) is 14.4. The fourth-order valence-electron chi connectivity index (χ4n) is 4.37. The Morgan fingerprint density at radius 3 is 2.43 bits per heavy atom. The van der Waals surface area contributed by atoms with Crippen molar-refractivity contribution < 1.29 is 14.4 Å². The smallest absolute Gasteiger partial charge is 0.239 e. The third-order valence-corrected chi connectivity index (χ3v) is 6.56. The summed E-state index contributed by atoms with van der Waals surface area (Å²) in [7, 11) is 0. The maximum Gasteiger partial charge on any atom is 0.239 e. The van der Waals surface area contributed by atoms with Gasteiger partial charge in [-0.2, -0.15) is 0 Å². The normalized spacial score (nSPS) is 20.0. The van der Waals surface area contributed by atoms with Crippen molar-refractivity contribution in [1.29, 1.82) is 0 Å². The highest BCUT2D eigenvalue weighted by molar-refractivity contribution is 6.09. The van der Waals surface area contributed by atoms with Gasteiger partial charge in [0.05, 0.1) is 0 Å². The first-order valence-electron chi connectivity index (χ1n) is 11.4. The first-order valence-corrected chi connectivity index (χ1v) is 11.4. The molecule has 1 atom stereocenters. The van der Waals surface area contributed by atoms with Crippen LogP contribution in [0.15, 0.2) is 18.2 Å². The summed E-state index contributed by atoms with van der Waals surface area (Å²) in [5.41, 5.74) is 3.21. The monoisotopic (exact) mass is 413 g/mol. The van der Waals surface area contributed by atoms with Crippen LogP contribution < -0.4 is 10.2 Å². The number of amides is 3. The average molecular weight is 414 g/mol. The molecule has 3 rings (SSSR count). The summed E-state index contributed by atoms with van der Waals surface area (Å²) in [6.07, 6.45) is 5.18. The van der Waals surface area contributed by atoms with Crippen LogP contribution in [0.5, 0.6) is 0 Å². The second kappa shape index (κ2) is 10.1. The van der Waals surface area contributed by atoms with Crippen molar-refractivity contribution in [2.45, 2.75) is 59.3 Å². The predicted molar refractivity (Wildman–Crippen MR) is 118 cm³/mol. The number of carbonyl (C=O) groups excluding carboxylic acids is 3. The van der Waals surface area contributed by atoms with Crippen molar-refractivity contribution in [3.8, 4) is 0 Å². The van der Waals surface area contributed by atoms with Gasteiger partial charge in [0, 0.05) is 37.8 Å². The number of rotatable bonds is 7. The third-order valence-electron chi connectivity index (χ3n) is 6.56. The number of unbranched alkanes of at least 4 members (excludes halogenated alkanes) is 2. The quantitative estimate of drug-likeness (QED) is 0.551. The fraction of sp³-hybridized carbons (Fsp3) is 0.625. The second-order valence-corrected chi connectivity index (χ2v) is 8.70. The van der Waals surface area contributed by atoms with Gasteiger partial charge in [-0.05, 0) is 62.8 Å². The molecule has 0 spiro atoms. The highest BCUT2D eigenvalue weighted by Gasteiger charge is 2.40. The number of nitrogens with zero attached hydrogens (tertiary/aromatic N) is 2. The molecule has 1 aromatic rings. The van der Waals surface area contributed by atoms with E-state index in [1.165, 1.54) is 5.56 Å². The van der Waals surface area contributed by atoms with Gasteiger partial charge in [-0.3, -0.25) is 14.4 Å². The molecule has 0 radical (unpaired) electrons. The molecular formula is C24H35N3O3. The van der Waals surface area contributed by atoms with E-state index >= 15 is 0 Å². The molecule has 2 aliphatic rings. The van der Waals surface area contributed by atoms with Crippen molar-refractivity contribution in [3.63, 3.8) is 0 Å². The van der Waals surface area contributed by atoms with E-state index in [4.69, 9.17) is 0 Å². The Bertz CT molecular complexity index is 784. The van der Waals surface area contributed by atoms with E-state index in [0.717, 1.165) is 37.1 Å². The average Bonchev–Trinajstić information content (AvgIpc) is 3.14. The van der Waals surface area contributed by atoms with Gasteiger partial charge in [0.15, 0.2) is 0 Å². The number of anilines is 1. The zero-order valence-corrected chi connectivity index (χ0v) is 18.6. The minimum Gasteiger partial charge on any atom is -0.356 e. The van der Waals surface area contributed by atoms with Gasteiger partial charge < -0.3 is 15.1 Å². The van der Waals surface area contributed by atoms with Crippen molar-refractivity contribution in [2.75, 3.05) is 31.1 Å². The van der Waals surface area contributed by atoms with Crippen molar-refractivity contribution in [3.05, 3.63) is 29.3 Å². The van der Waals surface area contributed by atoms with Crippen molar-refractivity contribution >= 4 is 23.4 Å². The number of hydrogen-bond acceptors (Lipinski definition) is 3. The van der Waals surface area contributed by atoms with Crippen LogP contribution in [0.1, 0.15) is 56.6 Å². The molecule has 164 valence electrons. The maximum absolute atomic E-state index is 13.0. The Morgan fingerprint density at radius 1 is 1.03 bits per heavy atom. The Morgan fingerprint density at radius 2 is 1.77 bits per heavy atom. The highest BCUT2D eigenvalue weighted by atomic mass is 16.2. The van der Waals surface area contributed by atoms with E-state index in [9.17, 15) is 14.4 Å². The molecule has 6 nitrogen and oxygen atoms in total. The largest absolute Gasteiger partial charge is 0.356 e. The van der Waals surface area contributed by atoms with Crippen LogP contribution in [0.25, 0.3) is 0 Å². The summed E-state index contributed by atoms with van der Waals surface area (Å²) in [5.74, 6) is -0.684.